The third-order valence-electron chi connectivity index (χ3n) is 6.21. The molecule has 2 aromatic carbocycles. The van der Waals surface area contributed by atoms with E-state index in [1.165, 1.54) is 4.90 Å². The molecule has 0 aliphatic rings. The van der Waals surface area contributed by atoms with Crippen molar-refractivity contribution in [2.24, 2.45) is 0 Å². The van der Waals surface area contributed by atoms with E-state index in [1.807, 2.05) is 52.0 Å². The van der Waals surface area contributed by atoms with Gasteiger partial charge in [0.2, 0.25) is 5.91 Å². The van der Waals surface area contributed by atoms with Gasteiger partial charge in [-0.25, -0.2) is 4.79 Å². The van der Waals surface area contributed by atoms with Gasteiger partial charge >= 0.3 is 6.09 Å². The van der Waals surface area contributed by atoms with Crippen molar-refractivity contribution in [2.45, 2.75) is 78.6 Å². The van der Waals surface area contributed by atoms with Crippen molar-refractivity contribution in [1.82, 2.24) is 10.2 Å². The molecule has 206 valence electrons. The van der Waals surface area contributed by atoms with Gasteiger partial charge in [0, 0.05) is 11.7 Å². The molecule has 0 bridgehead atoms. The van der Waals surface area contributed by atoms with Crippen LogP contribution in [-0.2, 0) is 14.3 Å². The van der Waals surface area contributed by atoms with E-state index >= 15 is 0 Å². The number of nitrogens with zero attached hydrogens (tertiary/aromatic N) is 1. The lowest BCUT2D eigenvalue weighted by atomic mass is 9.97. The van der Waals surface area contributed by atoms with Crippen molar-refractivity contribution in [3.05, 3.63) is 71.3 Å². The van der Waals surface area contributed by atoms with Crippen LogP contribution in [0.5, 0.6) is 0 Å². The quantitative estimate of drug-likeness (QED) is 0.400. The van der Waals surface area contributed by atoms with Crippen molar-refractivity contribution in [2.75, 3.05) is 11.9 Å². The molecule has 8 heteroatoms. The first kappa shape index (κ1) is 30.6. The number of hydrogen-bond donors (Lipinski definition) is 3. The number of carbonyl (C=O) groups is 3. The SMILES string of the molecule is C=Cc1cccc(C(C(=O)Nc2c(C)cccc2C)N(C(=O)C(CO)NC(=O)OC(C)(C)C)C(C)CC)c1. The van der Waals surface area contributed by atoms with Gasteiger partial charge in [-0.05, 0) is 76.3 Å². The highest BCUT2D eigenvalue weighted by Crippen LogP contribution is 2.30. The zero-order valence-corrected chi connectivity index (χ0v) is 23.5. The molecule has 0 aliphatic heterocycles. The highest BCUT2D eigenvalue weighted by atomic mass is 16.6. The van der Waals surface area contributed by atoms with Crippen molar-refractivity contribution in [3.8, 4) is 0 Å². The third-order valence-corrected chi connectivity index (χ3v) is 6.21. The fourth-order valence-corrected chi connectivity index (χ4v) is 4.11. The monoisotopic (exact) mass is 523 g/mol. The van der Waals surface area contributed by atoms with Crippen LogP contribution in [0.15, 0.2) is 49.0 Å². The fraction of sp³-hybridized carbons (Fsp3) is 0.433. The Morgan fingerprint density at radius 2 is 1.71 bits per heavy atom. The van der Waals surface area contributed by atoms with Gasteiger partial charge in [-0.2, -0.15) is 0 Å². The number of hydrogen-bond acceptors (Lipinski definition) is 5. The topological polar surface area (TPSA) is 108 Å². The average Bonchev–Trinajstić information content (AvgIpc) is 2.86. The Labute approximate surface area is 226 Å². The van der Waals surface area contributed by atoms with Crippen LogP contribution in [0.3, 0.4) is 0 Å². The lowest BCUT2D eigenvalue weighted by Crippen LogP contribution is -2.56. The molecule has 0 radical (unpaired) electrons. The zero-order valence-electron chi connectivity index (χ0n) is 23.5. The molecule has 3 unspecified atom stereocenters. The average molecular weight is 524 g/mol. The molecule has 2 rings (SSSR count). The van der Waals surface area contributed by atoms with Crippen LogP contribution < -0.4 is 10.6 Å². The summed E-state index contributed by atoms with van der Waals surface area (Å²) < 4.78 is 5.29. The first-order valence-corrected chi connectivity index (χ1v) is 12.8. The summed E-state index contributed by atoms with van der Waals surface area (Å²) >= 11 is 0. The Balaban J connectivity index is 2.59. The zero-order chi connectivity index (χ0) is 28.6. The smallest absolute Gasteiger partial charge is 0.408 e. The molecule has 8 nitrogen and oxygen atoms in total. The summed E-state index contributed by atoms with van der Waals surface area (Å²) in [5.41, 5.74) is 3.02. The molecule has 38 heavy (non-hydrogen) atoms. The standard InChI is InChI=1S/C30H41N3O5/c1-9-21(5)33(28(36)24(18-34)31-29(37)38-30(6,7)8)26(23-16-12-15-22(10-2)17-23)27(35)32-25-19(3)13-11-14-20(25)4/h10-17,21,24,26,34H,2,9,18H2,1,3-8H3,(H,31,37)(H,32,35). The first-order chi connectivity index (χ1) is 17.8. The molecule has 0 aliphatic carbocycles. The van der Waals surface area contributed by atoms with Crippen LogP contribution in [0, 0.1) is 13.8 Å². The Bertz CT molecular complexity index is 1130. The van der Waals surface area contributed by atoms with Crippen LogP contribution >= 0.6 is 0 Å². The Morgan fingerprint density at radius 3 is 2.24 bits per heavy atom. The molecule has 0 spiro atoms. The Kier molecular flexibility index (Phi) is 10.6. The second-order valence-corrected chi connectivity index (χ2v) is 10.4. The number of carbonyl (C=O) groups excluding carboxylic acids is 3. The highest BCUT2D eigenvalue weighted by Gasteiger charge is 2.38. The minimum atomic E-state index is -1.31. The van der Waals surface area contributed by atoms with E-state index < -0.39 is 48.2 Å². The number of aryl methyl sites for hydroxylation is 2. The van der Waals surface area contributed by atoms with Crippen molar-refractivity contribution in [3.63, 3.8) is 0 Å². The number of rotatable bonds is 10. The van der Waals surface area contributed by atoms with E-state index in [1.54, 1.807) is 45.0 Å². The van der Waals surface area contributed by atoms with Crippen molar-refractivity contribution in [1.29, 1.82) is 0 Å². The van der Waals surface area contributed by atoms with Gasteiger partial charge in [0.15, 0.2) is 0 Å². The van der Waals surface area contributed by atoms with Gasteiger partial charge in [0.1, 0.15) is 17.7 Å². The minimum absolute atomic E-state index is 0.405. The molecule has 0 saturated carbocycles. The summed E-state index contributed by atoms with van der Waals surface area (Å²) in [5, 5.41) is 15.6. The maximum Gasteiger partial charge on any atom is 0.408 e. The number of nitrogens with one attached hydrogen (secondary N) is 2. The number of amides is 3. The molecule has 0 saturated heterocycles. The molecule has 3 atom stereocenters. The molecule has 0 fully saturated rings. The third kappa shape index (κ3) is 7.92. The minimum Gasteiger partial charge on any atom is -0.444 e. The van der Waals surface area contributed by atoms with Crippen LogP contribution in [-0.4, -0.2) is 52.2 Å². The second-order valence-electron chi connectivity index (χ2n) is 10.4. The molecular weight excluding hydrogens is 482 g/mol. The molecule has 0 aromatic heterocycles. The number of aliphatic hydroxyl groups is 1. The number of para-hydroxylation sites is 1. The fourth-order valence-electron chi connectivity index (χ4n) is 4.11. The van der Waals surface area contributed by atoms with E-state index in [9.17, 15) is 19.5 Å². The summed E-state index contributed by atoms with van der Waals surface area (Å²) in [4.78, 5) is 41.8. The molecule has 2 aromatic rings. The van der Waals surface area contributed by atoms with Crippen LogP contribution in [0.2, 0.25) is 0 Å². The van der Waals surface area contributed by atoms with Gasteiger partial charge in [0.05, 0.1) is 6.61 Å². The molecule has 0 heterocycles. The highest BCUT2D eigenvalue weighted by molar-refractivity contribution is 6.00. The number of benzene rings is 2. The summed E-state index contributed by atoms with van der Waals surface area (Å²) in [6.07, 6.45) is 1.36. The largest absolute Gasteiger partial charge is 0.444 e. The summed E-state index contributed by atoms with van der Waals surface area (Å²) in [7, 11) is 0. The normalized spacial score (nSPS) is 13.6. The van der Waals surface area contributed by atoms with Gasteiger partial charge < -0.3 is 25.4 Å². The van der Waals surface area contributed by atoms with E-state index in [2.05, 4.69) is 17.2 Å². The van der Waals surface area contributed by atoms with Gasteiger partial charge in [-0.3, -0.25) is 9.59 Å². The molecule has 3 N–H and O–H groups in total. The van der Waals surface area contributed by atoms with E-state index in [0.29, 0.717) is 17.7 Å². The Hall–Kier alpha value is -3.65. The molecular formula is C30H41N3O5. The molecule has 3 amide bonds. The van der Waals surface area contributed by atoms with E-state index in [0.717, 1.165) is 16.7 Å². The van der Waals surface area contributed by atoms with Gasteiger partial charge in [-0.15, -0.1) is 0 Å². The van der Waals surface area contributed by atoms with Crippen molar-refractivity contribution < 1.29 is 24.2 Å². The second kappa shape index (κ2) is 13.2. The number of anilines is 1. The predicted molar refractivity (Wildman–Crippen MR) is 151 cm³/mol. The number of ether oxygens (including phenoxy) is 1. The van der Waals surface area contributed by atoms with Crippen molar-refractivity contribution >= 4 is 29.7 Å². The maximum absolute atomic E-state index is 14.0. The Morgan fingerprint density at radius 1 is 1.11 bits per heavy atom. The first-order valence-electron chi connectivity index (χ1n) is 12.8. The van der Waals surface area contributed by atoms with E-state index in [4.69, 9.17) is 4.74 Å². The summed E-state index contributed by atoms with van der Waals surface area (Å²) in [6.45, 7) is 15.8. The maximum atomic E-state index is 14.0. The van der Waals surface area contributed by atoms with Gasteiger partial charge in [-0.1, -0.05) is 56.0 Å². The van der Waals surface area contributed by atoms with Gasteiger partial charge in [0.25, 0.3) is 5.91 Å². The lowest BCUT2D eigenvalue weighted by Gasteiger charge is -2.38. The summed E-state index contributed by atoms with van der Waals surface area (Å²) in [5.74, 6) is -1.01. The van der Waals surface area contributed by atoms with Crippen LogP contribution in [0.1, 0.15) is 69.3 Å². The van der Waals surface area contributed by atoms with Crippen LogP contribution in [0.4, 0.5) is 10.5 Å². The van der Waals surface area contributed by atoms with Crippen LogP contribution in [0.25, 0.3) is 6.08 Å². The summed E-state index contributed by atoms with van der Waals surface area (Å²) in [6, 6.07) is 10.2. The number of aliphatic hydroxyl groups excluding tert-OH is 1. The predicted octanol–water partition coefficient (Wildman–Crippen LogP) is 5.14. The van der Waals surface area contributed by atoms with E-state index in [-0.39, 0.29) is 0 Å². The lowest BCUT2D eigenvalue weighted by molar-refractivity contribution is -0.144. The number of alkyl carbamates (subject to hydrolysis) is 1.